The summed E-state index contributed by atoms with van der Waals surface area (Å²) in [5.41, 5.74) is -0.930. The predicted octanol–water partition coefficient (Wildman–Crippen LogP) is 1.29. The van der Waals surface area contributed by atoms with Crippen LogP contribution in [0.3, 0.4) is 0 Å². The molecule has 1 aromatic carbocycles. The Morgan fingerprint density at radius 3 is 2.58 bits per heavy atom. The largest absolute Gasteiger partial charge is 0.332 e. The number of hydrogen-bond donors (Lipinski definition) is 0. The van der Waals surface area contributed by atoms with Gasteiger partial charge in [-0.2, -0.15) is 0 Å². The lowest BCUT2D eigenvalue weighted by atomic mass is 9.94. The summed E-state index contributed by atoms with van der Waals surface area (Å²) in [7, 11) is 2.73. The van der Waals surface area contributed by atoms with Crippen LogP contribution in [-0.4, -0.2) is 52.4 Å². The van der Waals surface area contributed by atoms with E-state index in [0.717, 1.165) is 20.4 Å². The number of fused-ring (bicyclic) bond motifs is 1. The summed E-state index contributed by atoms with van der Waals surface area (Å²) in [5, 5.41) is 0.952. The normalized spacial score (nSPS) is 22.1. The van der Waals surface area contributed by atoms with Crippen molar-refractivity contribution in [1.82, 2.24) is 14.9 Å². The predicted molar refractivity (Wildman–Crippen MR) is 85.0 cm³/mol. The van der Waals surface area contributed by atoms with Gasteiger partial charge in [-0.3, -0.25) is 24.2 Å². The summed E-state index contributed by atoms with van der Waals surface area (Å²) in [4.78, 5) is 45.6. The summed E-state index contributed by atoms with van der Waals surface area (Å²) in [5.74, 6) is -1.22. The summed E-state index contributed by atoms with van der Waals surface area (Å²) < 4.78 is 0. The molecular formula is C17H17N3O4. The fourth-order valence-corrected chi connectivity index (χ4v) is 2.83. The molecule has 1 fully saturated rings. The fraction of sp³-hybridized carbons (Fsp3) is 0.235. The van der Waals surface area contributed by atoms with Crippen molar-refractivity contribution in [1.29, 1.82) is 0 Å². The maximum atomic E-state index is 13.0. The lowest BCUT2D eigenvalue weighted by molar-refractivity contribution is -0.177. The van der Waals surface area contributed by atoms with Crippen LogP contribution in [0.2, 0.25) is 0 Å². The van der Waals surface area contributed by atoms with E-state index in [1.165, 1.54) is 26.4 Å². The number of hydroxylamine groups is 2. The first-order valence-corrected chi connectivity index (χ1v) is 7.40. The Morgan fingerprint density at radius 2 is 1.92 bits per heavy atom. The maximum absolute atomic E-state index is 13.0. The SMILES string of the molecule is CON(C)C(=O)C12C=CC=CN1C(=O)N(Cc1ccccc1)C2=O. The molecule has 0 bridgehead atoms. The van der Waals surface area contributed by atoms with Crippen LogP contribution < -0.4 is 0 Å². The Morgan fingerprint density at radius 1 is 1.21 bits per heavy atom. The minimum atomic E-state index is -1.73. The van der Waals surface area contributed by atoms with Gasteiger partial charge in [-0.15, -0.1) is 0 Å². The van der Waals surface area contributed by atoms with Gasteiger partial charge in [0.15, 0.2) is 0 Å². The number of allylic oxidation sites excluding steroid dienone is 2. The second-order valence-electron chi connectivity index (χ2n) is 5.48. The van der Waals surface area contributed by atoms with E-state index in [4.69, 9.17) is 4.84 Å². The van der Waals surface area contributed by atoms with Crippen LogP contribution in [0.4, 0.5) is 4.79 Å². The molecule has 3 rings (SSSR count). The van der Waals surface area contributed by atoms with Crippen molar-refractivity contribution >= 4 is 17.8 Å². The van der Waals surface area contributed by atoms with Crippen molar-refractivity contribution < 1.29 is 19.2 Å². The minimum absolute atomic E-state index is 0.0996. The van der Waals surface area contributed by atoms with Gasteiger partial charge in [-0.1, -0.05) is 36.4 Å². The van der Waals surface area contributed by atoms with E-state index in [1.54, 1.807) is 12.2 Å². The van der Waals surface area contributed by atoms with Crippen LogP contribution in [0.25, 0.3) is 0 Å². The fourth-order valence-electron chi connectivity index (χ4n) is 2.83. The molecule has 0 saturated carbocycles. The van der Waals surface area contributed by atoms with Crippen LogP contribution in [0.1, 0.15) is 5.56 Å². The van der Waals surface area contributed by atoms with E-state index in [2.05, 4.69) is 0 Å². The standard InChI is InChI=1S/C17H17N3O4/c1-18(24-2)14(21)17-10-6-7-11-20(17)16(23)19(15(17)22)12-13-8-4-3-5-9-13/h3-11H,12H2,1-2H3. The topological polar surface area (TPSA) is 70.2 Å². The number of hydrogen-bond acceptors (Lipinski definition) is 4. The Balaban J connectivity index is 2.00. The van der Waals surface area contributed by atoms with Crippen molar-refractivity contribution in [3.05, 3.63) is 60.3 Å². The molecule has 1 atom stereocenters. The number of benzene rings is 1. The number of nitrogens with zero attached hydrogens (tertiary/aromatic N) is 3. The number of likely N-dealkylation sites (N-methyl/N-ethyl adjacent to an activating group) is 1. The Bertz CT molecular complexity index is 743. The highest BCUT2D eigenvalue weighted by Crippen LogP contribution is 2.35. The number of carbonyl (C=O) groups excluding carboxylic acids is 3. The van der Waals surface area contributed by atoms with Crippen molar-refractivity contribution in [3.63, 3.8) is 0 Å². The Hall–Kier alpha value is -2.93. The molecule has 2 aliphatic heterocycles. The monoisotopic (exact) mass is 327 g/mol. The molecule has 1 unspecified atom stereocenters. The summed E-state index contributed by atoms with van der Waals surface area (Å²) in [6, 6.07) is 8.60. The lowest BCUT2D eigenvalue weighted by Crippen LogP contribution is -2.58. The van der Waals surface area contributed by atoms with Crippen molar-refractivity contribution in [2.24, 2.45) is 0 Å². The van der Waals surface area contributed by atoms with E-state index in [-0.39, 0.29) is 6.54 Å². The van der Waals surface area contributed by atoms with E-state index >= 15 is 0 Å². The number of amides is 4. The van der Waals surface area contributed by atoms with Gasteiger partial charge >= 0.3 is 6.03 Å². The zero-order valence-corrected chi connectivity index (χ0v) is 13.4. The summed E-state index contributed by atoms with van der Waals surface area (Å²) in [6.07, 6.45) is 6.05. The van der Waals surface area contributed by atoms with Gasteiger partial charge in [0.2, 0.25) is 5.54 Å². The van der Waals surface area contributed by atoms with E-state index < -0.39 is 23.4 Å². The van der Waals surface area contributed by atoms with Gasteiger partial charge in [-0.25, -0.2) is 9.86 Å². The first-order valence-electron chi connectivity index (χ1n) is 7.40. The number of imide groups is 1. The Labute approximate surface area is 139 Å². The van der Waals surface area contributed by atoms with Crippen LogP contribution in [0.15, 0.2) is 54.8 Å². The van der Waals surface area contributed by atoms with Gasteiger partial charge in [0, 0.05) is 13.2 Å². The van der Waals surface area contributed by atoms with E-state index in [0.29, 0.717) is 0 Å². The molecule has 0 aromatic heterocycles. The number of carbonyl (C=O) groups is 3. The zero-order valence-electron chi connectivity index (χ0n) is 13.4. The van der Waals surface area contributed by atoms with E-state index in [9.17, 15) is 14.4 Å². The molecule has 0 spiro atoms. The summed E-state index contributed by atoms with van der Waals surface area (Å²) in [6.45, 7) is 0.0996. The molecule has 4 amide bonds. The van der Waals surface area contributed by atoms with Crippen LogP contribution in [0.5, 0.6) is 0 Å². The molecule has 1 aromatic rings. The minimum Gasteiger partial charge on any atom is -0.274 e. The molecule has 24 heavy (non-hydrogen) atoms. The number of urea groups is 1. The van der Waals surface area contributed by atoms with Gasteiger partial charge in [0.25, 0.3) is 11.8 Å². The smallest absolute Gasteiger partial charge is 0.274 e. The zero-order chi connectivity index (χ0) is 17.3. The molecular weight excluding hydrogens is 310 g/mol. The average molecular weight is 327 g/mol. The average Bonchev–Trinajstić information content (AvgIpc) is 2.84. The molecule has 0 aliphatic carbocycles. The van der Waals surface area contributed by atoms with Gasteiger partial charge in [0.1, 0.15) is 0 Å². The molecule has 1 saturated heterocycles. The molecule has 7 heteroatoms. The second-order valence-corrected chi connectivity index (χ2v) is 5.48. The first kappa shape index (κ1) is 15.9. The second kappa shape index (κ2) is 5.93. The van der Waals surface area contributed by atoms with Gasteiger partial charge in [0.05, 0.1) is 13.7 Å². The molecule has 7 nitrogen and oxygen atoms in total. The van der Waals surface area contributed by atoms with E-state index in [1.807, 2.05) is 30.3 Å². The lowest BCUT2D eigenvalue weighted by Gasteiger charge is -2.32. The molecule has 124 valence electrons. The first-order chi connectivity index (χ1) is 11.5. The third kappa shape index (κ3) is 2.21. The molecule has 0 radical (unpaired) electrons. The van der Waals surface area contributed by atoms with Gasteiger partial charge < -0.3 is 0 Å². The maximum Gasteiger partial charge on any atom is 0.332 e. The Kier molecular flexibility index (Phi) is 3.94. The molecule has 2 heterocycles. The highest BCUT2D eigenvalue weighted by atomic mass is 16.7. The quantitative estimate of drug-likeness (QED) is 0.475. The highest BCUT2D eigenvalue weighted by Gasteiger charge is 2.61. The van der Waals surface area contributed by atoms with Crippen molar-refractivity contribution in [3.8, 4) is 0 Å². The highest BCUT2D eigenvalue weighted by molar-refractivity contribution is 6.22. The van der Waals surface area contributed by atoms with Gasteiger partial charge in [-0.05, 0) is 17.7 Å². The third-order valence-electron chi connectivity index (χ3n) is 4.14. The summed E-state index contributed by atoms with van der Waals surface area (Å²) >= 11 is 0. The number of rotatable bonds is 4. The molecule has 0 N–H and O–H groups in total. The third-order valence-corrected chi connectivity index (χ3v) is 4.14. The van der Waals surface area contributed by atoms with Crippen LogP contribution in [-0.2, 0) is 21.0 Å². The molecule has 2 aliphatic rings. The van der Waals surface area contributed by atoms with Crippen LogP contribution in [0, 0.1) is 0 Å². The van der Waals surface area contributed by atoms with Crippen molar-refractivity contribution in [2.45, 2.75) is 12.1 Å². The van der Waals surface area contributed by atoms with Crippen LogP contribution >= 0.6 is 0 Å². The van der Waals surface area contributed by atoms with Crippen molar-refractivity contribution in [2.75, 3.05) is 14.2 Å².